The zero-order chi connectivity index (χ0) is 8.34. The largest absolute Gasteiger partial charge is 0.372 e. The molecule has 2 saturated carbocycles. The fourth-order valence-electron chi connectivity index (χ4n) is 3.89. The van der Waals surface area contributed by atoms with Gasteiger partial charge in [-0.3, -0.25) is 0 Å². The Hall–Kier alpha value is -0.0400. The van der Waals surface area contributed by atoms with Crippen molar-refractivity contribution < 1.29 is 4.74 Å². The third-order valence-corrected chi connectivity index (χ3v) is 4.38. The van der Waals surface area contributed by atoms with E-state index >= 15 is 0 Å². The summed E-state index contributed by atoms with van der Waals surface area (Å²) < 4.78 is 6.12. The third kappa shape index (κ3) is 0.834. The molecule has 2 aliphatic heterocycles. The van der Waals surface area contributed by atoms with Crippen LogP contribution >= 0.6 is 0 Å². The topological polar surface area (TPSA) is 9.23 Å². The zero-order valence-corrected chi connectivity index (χ0v) is 8.05. The lowest BCUT2D eigenvalue weighted by Gasteiger charge is -2.58. The van der Waals surface area contributed by atoms with Crippen LogP contribution in [0.3, 0.4) is 0 Å². The Labute approximate surface area is 74.5 Å². The van der Waals surface area contributed by atoms with Crippen molar-refractivity contribution >= 4 is 0 Å². The molecule has 0 spiro atoms. The van der Waals surface area contributed by atoms with Gasteiger partial charge in [0.15, 0.2) is 0 Å². The highest BCUT2D eigenvalue weighted by Gasteiger charge is 2.52. The summed E-state index contributed by atoms with van der Waals surface area (Å²) in [6, 6.07) is 0. The SMILES string of the molecule is CC1C2CC3CC1OC(C)(C3)C2. The second-order valence-electron chi connectivity index (χ2n) is 5.47. The Morgan fingerprint density at radius 3 is 2.75 bits per heavy atom. The molecular formula is C11H18O. The van der Waals surface area contributed by atoms with Crippen LogP contribution in [-0.4, -0.2) is 11.7 Å². The first-order valence-electron chi connectivity index (χ1n) is 5.34. The molecule has 4 bridgehead atoms. The molecule has 5 atom stereocenters. The fourth-order valence-corrected chi connectivity index (χ4v) is 3.89. The van der Waals surface area contributed by atoms with Gasteiger partial charge in [-0.1, -0.05) is 6.92 Å². The predicted molar refractivity (Wildman–Crippen MR) is 47.9 cm³/mol. The molecule has 0 aromatic rings. The van der Waals surface area contributed by atoms with E-state index in [-0.39, 0.29) is 5.60 Å². The summed E-state index contributed by atoms with van der Waals surface area (Å²) in [5.74, 6) is 2.83. The molecule has 2 saturated heterocycles. The molecular weight excluding hydrogens is 148 g/mol. The van der Waals surface area contributed by atoms with Crippen LogP contribution in [0.4, 0.5) is 0 Å². The van der Waals surface area contributed by atoms with E-state index < -0.39 is 0 Å². The second-order valence-corrected chi connectivity index (χ2v) is 5.47. The van der Waals surface area contributed by atoms with Crippen LogP contribution in [0.5, 0.6) is 0 Å². The minimum absolute atomic E-state index is 0.281. The lowest BCUT2D eigenvalue weighted by molar-refractivity contribution is -0.235. The number of ether oxygens (including phenoxy) is 1. The van der Waals surface area contributed by atoms with E-state index in [0.29, 0.717) is 6.10 Å². The van der Waals surface area contributed by atoms with Crippen LogP contribution in [0.25, 0.3) is 0 Å². The molecule has 5 unspecified atom stereocenters. The molecule has 1 heteroatoms. The molecule has 68 valence electrons. The van der Waals surface area contributed by atoms with Crippen LogP contribution in [0.1, 0.15) is 39.5 Å². The maximum atomic E-state index is 6.12. The molecule has 1 nitrogen and oxygen atoms in total. The molecule has 4 aliphatic rings. The van der Waals surface area contributed by atoms with Crippen molar-refractivity contribution in [3.8, 4) is 0 Å². The van der Waals surface area contributed by atoms with Crippen LogP contribution in [0.15, 0.2) is 0 Å². The minimum Gasteiger partial charge on any atom is -0.372 e. The second kappa shape index (κ2) is 2.06. The van der Waals surface area contributed by atoms with Crippen molar-refractivity contribution in [1.82, 2.24) is 0 Å². The van der Waals surface area contributed by atoms with Gasteiger partial charge in [-0.2, -0.15) is 0 Å². The van der Waals surface area contributed by atoms with Gasteiger partial charge in [0.25, 0.3) is 0 Å². The first-order valence-corrected chi connectivity index (χ1v) is 5.34. The van der Waals surface area contributed by atoms with Crippen LogP contribution in [0, 0.1) is 17.8 Å². The predicted octanol–water partition coefficient (Wildman–Crippen LogP) is 2.60. The van der Waals surface area contributed by atoms with Crippen LogP contribution in [0.2, 0.25) is 0 Å². The molecule has 0 radical (unpaired) electrons. The smallest absolute Gasteiger partial charge is 0.0663 e. The molecule has 4 rings (SSSR count). The summed E-state index contributed by atoms with van der Waals surface area (Å²) in [6.45, 7) is 4.71. The molecule has 2 heterocycles. The van der Waals surface area contributed by atoms with Crippen LogP contribution < -0.4 is 0 Å². The Kier molecular flexibility index (Phi) is 1.27. The highest BCUT2D eigenvalue weighted by atomic mass is 16.5. The normalized spacial score (nSPS) is 62.5. The average molecular weight is 166 g/mol. The maximum absolute atomic E-state index is 6.12. The lowest BCUT2D eigenvalue weighted by Crippen LogP contribution is -2.56. The van der Waals surface area contributed by atoms with Crippen molar-refractivity contribution in [3.63, 3.8) is 0 Å². The summed E-state index contributed by atoms with van der Waals surface area (Å²) in [6.07, 6.45) is 6.14. The lowest BCUT2D eigenvalue weighted by atomic mass is 9.59. The molecule has 4 fully saturated rings. The van der Waals surface area contributed by atoms with Crippen molar-refractivity contribution in [1.29, 1.82) is 0 Å². The maximum Gasteiger partial charge on any atom is 0.0663 e. The highest BCUT2D eigenvalue weighted by molar-refractivity contribution is 5.02. The van der Waals surface area contributed by atoms with Gasteiger partial charge < -0.3 is 4.74 Å². The van der Waals surface area contributed by atoms with Crippen molar-refractivity contribution in [2.45, 2.75) is 51.2 Å². The van der Waals surface area contributed by atoms with E-state index in [1.165, 1.54) is 25.7 Å². The van der Waals surface area contributed by atoms with Gasteiger partial charge in [0.1, 0.15) is 0 Å². The number of hydrogen-bond donors (Lipinski definition) is 0. The van der Waals surface area contributed by atoms with Gasteiger partial charge >= 0.3 is 0 Å². The Bertz CT molecular complexity index is 195. The average Bonchev–Trinajstić information content (AvgIpc) is 1.96. The van der Waals surface area contributed by atoms with Gasteiger partial charge in [0.05, 0.1) is 11.7 Å². The fraction of sp³-hybridized carbons (Fsp3) is 1.00. The zero-order valence-electron chi connectivity index (χ0n) is 8.05. The van der Waals surface area contributed by atoms with Crippen LogP contribution in [-0.2, 0) is 4.74 Å². The van der Waals surface area contributed by atoms with Gasteiger partial charge in [0, 0.05) is 0 Å². The number of rotatable bonds is 0. The first kappa shape index (κ1) is 7.37. The standard InChI is InChI=1S/C11H18O/c1-7-9-3-8-4-10(7)12-11(2,5-8)6-9/h7-10H,3-6H2,1-2H3. The van der Waals surface area contributed by atoms with Gasteiger partial charge in [-0.15, -0.1) is 0 Å². The number of hydrogen-bond acceptors (Lipinski definition) is 1. The van der Waals surface area contributed by atoms with E-state index in [9.17, 15) is 0 Å². The molecule has 0 N–H and O–H groups in total. The summed E-state index contributed by atoms with van der Waals surface area (Å²) in [7, 11) is 0. The molecule has 0 aromatic heterocycles. The monoisotopic (exact) mass is 166 g/mol. The van der Waals surface area contributed by atoms with Gasteiger partial charge in [-0.25, -0.2) is 0 Å². The minimum atomic E-state index is 0.281. The molecule has 0 amide bonds. The quantitative estimate of drug-likeness (QED) is 0.537. The molecule has 0 aromatic carbocycles. The van der Waals surface area contributed by atoms with Crippen molar-refractivity contribution in [2.75, 3.05) is 0 Å². The summed E-state index contributed by atoms with van der Waals surface area (Å²) >= 11 is 0. The summed E-state index contributed by atoms with van der Waals surface area (Å²) in [5, 5.41) is 0. The Balaban J connectivity index is 1.95. The molecule has 12 heavy (non-hydrogen) atoms. The first-order chi connectivity index (χ1) is 5.66. The van der Waals surface area contributed by atoms with E-state index in [2.05, 4.69) is 13.8 Å². The third-order valence-electron chi connectivity index (χ3n) is 4.38. The van der Waals surface area contributed by atoms with E-state index in [4.69, 9.17) is 4.74 Å². The molecule has 2 aliphatic carbocycles. The summed E-state index contributed by atoms with van der Waals surface area (Å²) in [4.78, 5) is 0. The van der Waals surface area contributed by atoms with Gasteiger partial charge in [0.2, 0.25) is 0 Å². The van der Waals surface area contributed by atoms with E-state index in [1.54, 1.807) is 0 Å². The van der Waals surface area contributed by atoms with E-state index in [1.807, 2.05) is 0 Å². The summed E-state index contributed by atoms with van der Waals surface area (Å²) in [5.41, 5.74) is 0.281. The Morgan fingerprint density at radius 1 is 1.25 bits per heavy atom. The van der Waals surface area contributed by atoms with E-state index in [0.717, 1.165) is 17.8 Å². The Morgan fingerprint density at radius 2 is 2.08 bits per heavy atom. The van der Waals surface area contributed by atoms with Gasteiger partial charge in [-0.05, 0) is 50.4 Å². The van der Waals surface area contributed by atoms with Crippen molar-refractivity contribution in [2.24, 2.45) is 17.8 Å². The highest BCUT2D eigenvalue weighted by Crippen LogP contribution is 2.55. The van der Waals surface area contributed by atoms with Crippen molar-refractivity contribution in [3.05, 3.63) is 0 Å².